The summed E-state index contributed by atoms with van der Waals surface area (Å²) in [6, 6.07) is 5.90. The fraction of sp³-hybridized carbons (Fsp3) is 0.533. The molecule has 0 saturated carbocycles. The first-order valence-corrected chi connectivity index (χ1v) is 8.04. The third-order valence-corrected chi connectivity index (χ3v) is 4.92. The Morgan fingerprint density at radius 3 is 2.79 bits per heavy atom. The Morgan fingerprint density at radius 1 is 1.32 bits per heavy atom. The van der Waals surface area contributed by atoms with Crippen LogP contribution in [0.5, 0.6) is 0 Å². The van der Waals surface area contributed by atoms with E-state index in [1.165, 1.54) is 16.1 Å². The second-order valence-electron chi connectivity index (χ2n) is 5.34. The predicted octanol–water partition coefficient (Wildman–Crippen LogP) is 4.50. The third kappa shape index (κ3) is 3.91. The van der Waals surface area contributed by atoms with Crippen LogP contribution in [0.3, 0.4) is 0 Å². The van der Waals surface area contributed by atoms with Crippen molar-refractivity contribution in [1.29, 1.82) is 0 Å². The van der Waals surface area contributed by atoms with Gasteiger partial charge in [0.05, 0.1) is 15.2 Å². The summed E-state index contributed by atoms with van der Waals surface area (Å²) in [5, 5.41) is 1.99. The molecule has 104 valence electrons. The molecule has 2 rings (SSSR count). The van der Waals surface area contributed by atoms with E-state index in [9.17, 15) is 0 Å². The summed E-state index contributed by atoms with van der Waals surface area (Å²) in [5.74, 6) is 1.38. The molecule has 4 heteroatoms. The number of benzene rings is 1. The topological polar surface area (TPSA) is 38.9 Å². The van der Waals surface area contributed by atoms with Crippen LogP contribution in [0.25, 0.3) is 10.2 Å². The fourth-order valence-electron chi connectivity index (χ4n) is 2.39. The first-order chi connectivity index (χ1) is 9.10. The number of hydrogen-bond donors (Lipinski definition) is 1. The molecule has 0 amide bonds. The van der Waals surface area contributed by atoms with Gasteiger partial charge in [-0.2, -0.15) is 0 Å². The minimum Gasteiger partial charge on any atom is -0.330 e. The van der Waals surface area contributed by atoms with Gasteiger partial charge in [0.15, 0.2) is 0 Å². The van der Waals surface area contributed by atoms with Crippen molar-refractivity contribution in [2.45, 2.75) is 33.1 Å². The Bertz CT molecular complexity index is 536. The maximum atomic E-state index is 6.00. The van der Waals surface area contributed by atoms with Crippen LogP contribution in [-0.4, -0.2) is 11.5 Å². The zero-order valence-electron chi connectivity index (χ0n) is 11.5. The van der Waals surface area contributed by atoms with Gasteiger partial charge in [-0.3, -0.25) is 0 Å². The molecule has 19 heavy (non-hydrogen) atoms. The lowest BCUT2D eigenvalue weighted by Gasteiger charge is -2.19. The highest BCUT2D eigenvalue weighted by Crippen LogP contribution is 2.28. The van der Waals surface area contributed by atoms with Crippen molar-refractivity contribution in [2.24, 2.45) is 17.6 Å². The van der Waals surface area contributed by atoms with E-state index in [1.54, 1.807) is 11.3 Å². The van der Waals surface area contributed by atoms with Gasteiger partial charge in [0.25, 0.3) is 0 Å². The van der Waals surface area contributed by atoms with Crippen LogP contribution in [0.1, 0.15) is 31.7 Å². The van der Waals surface area contributed by atoms with E-state index in [1.807, 2.05) is 18.2 Å². The number of aryl methyl sites for hydroxylation is 1. The molecule has 0 aliphatic heterocycles. The molecule has 0 fully saturated rings. The van der Waals surface area contributed by atoms with Crippen LogP contribution in [0, 0.1) is 11.8 Å². The zero-order valence-corrected chi connectivity index (χ0v) is 13.1. The van der Waals surface area contributed by atoms with Gasteiger partial charge < -0.3 is 5.73 Å². The smallest absolute Gasteiger partial charge is 0.0938 e. The Kier molecular flexibility index (Phi) is 5.20. The van der Waals surface area contributed by atoms with Gasteiger partial charge in [-0.1, -0.05) is 25.4 Å². The molecule has 0 bridgehead atoms. The first kappa shape index (κ1) is 14.8. The largest absolute Gasteiger partial charge is 0.330 e. The summed E-state index contributed by atoms with van der Waals surface area (Å²) in [4.78, 5) is 4.67. The Hall–Kier alpha value is -0.640. The van der Waals surface area contributed by atoms with E-state index in [2.05, 4.69) is 18.8 Å². The lowest BCUT2D eigenvalue weighted by molar-refractivity contribution is 0.341. The molecule has 2 nitrogen and oxygen atoms in total. The molecule has 1 atom stereocenters. The fourth-order valence-corrected chi connectivity index (χ4v) is 3.65. The van der Waals surface area contributed by atoms with Crippen molar-refractivity contribution in [1.82, 2.24) is 4.98 Å². The molecule has 0 radical (unpaired) electrons. The third-order valence-electron chi connectivity index (χ3n) is 3.60. The Morgan fingerprint density at radius 2 is 2.11 bits per heavy atom. The van der Waals surface area contributed by atoms with Crippen molar-refractivity contribution in [3.63, 3.8) is 0 Å². The molecular weight excluding hydrogens is 276 g/mol. The number of halogens is 1. The number of aromatic nitrogens is 1. The van der Waals surface area contributed by atoms with Crippen LogP contribution in [0.2, 0.25) is 5.02 Å². The normalized spacial score (nSPS) is 13.3. The van der Waals surface area contributed by atoms with Crippen molar-refractivity contribution < 1.29 is 0 Å². The van der Waals surface area contributed by atoms with E-state index in [4.69, 9.17) is 17.3 Å². The van der Waals surface area contributed by atoms with Crippen molar-refractivity contribution >= 4 is 33.2 Å². The lowest BCUT2D eigenvalue weighted by atomic mass is 9.88. The molecule has 1 aromatic heterocycles. The molecule has 1 aromatic carbocycles. The highest BCUT2D eigenvalue weighted by molar-refractivity contribution is 7.18. The standard InChI is InChI=1S/C15H21ClN2S/c1-10(2)11(7-8-17)3-6-15-18-13-5-4-12(16)9-14(13)19-15/h4-5,9-11H,3,6-8,17H2,1-2H3. The SMILES string of the molecule is CC(C)C(CCN)CCc1nc2ccc(Cl)cc2s1. The molecular formula is C15H21ClN2S. The van der Waals surface area contributed by atoms with Crippen molar-refractivity contribution in [2.75, 3.05) is 6.54 Å². The Labute approximate surface area is 124 Å². The van der Waals surface area contributed by atoms with Gasteiger partial charge in [0.2, 0.25) is 0 Å². The van der Waals surface area contributed by atoms with Gasteiger partial charge in [-0.25, -0.2) is 4.98 Å². The van der Waals surface area contributed by atoms with Crippen LogP contribution in [-0.2, 0) is 6.42 Å². The van der Waals surface area contributed by atoms with Crippen LogP contribution < -0.4 is 5.73 Å². The van der Waals surface area contributed by atoms with Crippen molar-refractivity contribution in [3.8, 4) is 0 Å². The molecule has 2 aromatic rings. The first-order valence-electron chi connectivity index (χ1n) is 6.85. The van der Waals surface area contributed by atoms with E-state index >= 15 is 0 Å². The molecule has 2 N–H and O–H groups in total. The Balaban J connectivity index is 2.04. The van der Waals surface area contributed by atoms with E-state index in [0.29, 0.717) is 11.8 Å². The lowest BCUT2D eigenvalue weighted by Crippen LogP contribution is -2.15. The van der Waals surface area contributed by atoms with Crippen molar-refractivity contribution in [3.05, 3.63) is 28.2 Å². The number of nitrogens with zero attached hydrogens (tertiary/aromatic N) is 1. The van der Waals surface area contributed by atoms with Gasteiger partial charge in [0, 0.05) is 5.02 Å². The molecule has 1 heterocycles. The molecule has 0 aliphatic carbocycles. The minimum atomic E-state index is 0.687. The maximum Gasteiger partial charge on any atom is 0.0938 e. The van der Waals surface area contributed by atoms with Gasteiger partial charge in [-0.15, -0.1) is 11.3 Å². The van der Waals surface area contributed by atoms with E-state index in [0.717, 1.165) is 29.9 Å². The quantitative estimate of drug-likeness (QED) is 0.852. The number of thiazole rings is 1. The highest BCUT2D eigenvalue weighted by atomic mass is 35.5. The number of fused-ring (bicyclic) bond motifs is 1. The second-order valence-corrected chi connectivity index (χ2v) is 6.89. The number of nitrogens with two attached hydrogens (primary N) is 1. The maximum absolute atomic E-state index is 6.00. The predicted molar refractivity (Wildman–Crippen MR) is 85.0 cm³/mol. The summed E-state index contributed by atoms with van der Waals surface area (Å²) >= 11 is 7.76. The van der Waals surface area contributed by atoms with Crippen LogP contribution in [0.4, 0.5) is 0 Å². The molecule has 0 saturated heterocycles. The molecule has 0 aliphatic rings. The van der Waals surface area contributed by atoms with Gasteiger partial charge in [-0.05, 0) is 55.8 Å². The van der Waals surface area contributed by atoms with E-state index < -0.39 is 0 Å². The van der Waals surface area contributed by atoms with E-state index in [-0.39, 0.29) is 0 Å². The summed E-state index contributed by atoms with van der Waals surface area (Å²) in [7, 11) is 0. The van der Waals surface area contributed by atoms with Gasteiger partial charge in [0.1, 0.15) is 0 Å². The number of rotatable bonds is 6. The summed E-state index contributed by atoms with van der Waals surface area (Å²) in [6.45, 7) is 5.33. The van der Waals surface area contributed by atoms with Crippen LogP contribution in [0.15, 0.2) is 18.2 Å². The molecule has 0 spiro atoms. The summed E-state index contributed by atoms with van der Waals surface area (Å²) < 4.78 is 1.18. The summed E-state index contributed by atoms with van der Waals surface area (Å²) in [5.41, 5.74) is 6.75. The second kappa shape index (κ2) is 6.69. The molecule has 1 unspecified atom stereocenters. The monoisotopic (exact) mass is 296 g/mol. The minimum absolute atomic E-state index is 0.687. The van der Waals surface area contributed by atoms with Crippen LogP contribution >= 0.6 is 22.9 Å². The van der Waals surface area contributed by atoms with Gasteiger partial charge >= 0.3 is 0 Å². The zero-order chi connectivity index (χ0) is 13.8. The number of hydrogen-bond acceptors (Lipinski definition) is 3. The average molecular weight is 297 g/mol. The average Bonchev–Trinajstić information content (AvgIpc) is 2.75. The highest BCUT2D eigenvalue weighted by Gasteiger charge is 2.14. The summed E-state index contributed by atoms with van der Waals surface area (Å²) in [6.07, 6.45) is 3.32.